The molecule has 132 valence electrons. The summed E-state index contributed by atoms with van der Waals surface area (Å²) in [6, 6.07) is 11.4. The van der Waals surface area contributed by atoms with Gasteiger partial charge in [0.2, 0.25) is 0 Å². The number of rotatable bonds is 4. The Kier molecular flexibility index (Phi) is 5.33. The molecule has 0 nitrogen and oxygen atoms in total. The van der Waals surface area contributed by atoms with E-state index in [4.69, 9.17) is 0 Å². The van der Waals surface area contributed by atoms with E-state index in [9.17, 15) is 0 Å². The molecule has 0 N–H and O–H groups in total. The monoisotopic (exact) mass is 376 g/mol. The van der Waals surface area contributed by atoms with E-state index in [1.165, 1.54) is 0 Å². The van der Waals surface area contributed by atoms with Gasteiger partial charge >= 0.3 is 155 Å². The Morgan fingerprint density at radius 3 is 1.83 bits per heavy atom. The Hall–Kier alpha value is -0.369. The number of hydrogen-bond acceptors (Lipinski definition) is 0. The molecule has 1 aromatic rings. The standard InChI is InChI=1S/C19H27Si.3CH3.Ti/c1-14(2)20(7,18-11-9-8-10-12-18)19(6)13-15(3)16(4)17(19)5;;;;/h8-12,14H,1-7H3;3*1H3;. The summed E-state index contributed by atoms with van der Waals surface area (Å²) >= 11 is -1.99. The van der Waals surface area contributed by atoms with Crippen LogP contribution < -0.4 is 5.19 Å². The van der Waals surface area contributed by atoms with Gasteiger partial charge in [-0.25, -0.2) is 0 Å². The van der Waals surface area contributed by atoms with Crippen LogP contribution >= 0.6 is 0 Å². The molecule has 0 saturated carbocycles. The average Bonchev–Trinajstić information content (AvgIpc) is 2.68. The van der Waals surface area contributed by atoms with E-state index >= 15 is 0 Å². The third-order valence-electron chi connectivity index (χ3n) is 7.07. The van der Waals surface area contributed by atoms with Crippen molar-refractivity contribution in [3.05, 3.63) is 50.9 Å². The Morgan fingerprint density at radius 1 is 0.917 bits per heavy atom. The molecule has 0 fully saturated rings. The predicted octanol–water partition coefficient (Wildman–Crippen LogP) is 7.06. The normalized spacial score (nSPS) is 24.8. The molecule has 0 aliphatic heterocycles. The van der Waals surface area contributed by atoms with Crippen molar-refractivity contribution in [2.75, 3.05) is 0 Å². The SMILES string of the molecule is CC1=C(C)C(C)([Si](C)(c2ccccc2)C(C)C)[C]([Ti]([CH3])([CH3])[CH3])=C1C. The van der Waals surface area contributed by atoms with Crippen molar-refractivity contribution in [2.24, 2.45) is 0 Å². The van der Waals surface area contributed by atoms with Crippen molar-refractivity contribution in [1.29, 1.82) is 0 Å². The average molecular weight is 376 g/mol. The zero-order valence-corrected chi connectivity index (χ0v) is 20.0. The van der Waals surface area contributed by atoms with Gasteiger partial charge in [-0.15, -0.1) is 0 Å². The first-order valence-electron chi connectivity index (χ1n) is 9.35. The van der Waals surface area contributed by atoms with Crippen molar-refractivity contribution >= 4 is 13.3 Å². The van der Waals surface area contributed by atoms with E-state index in [0.717, 1.165) is 0 Å². The first-order chi connectivity index (χ1) is 10.9. The van der Waals surface area contributed by atoms with Crippen LogP contribution in [0.5, 0.6) is 0 Å². The molecule has 0 aromatic heterocycles. The first-order valence-corrected chi connectivity index (χ1v) is 17.4. The van der Waals surface area contributed by atoms with Gasteiger partial charge < -0.3 is 0 Å². The van der Waals surface area contributed by atoms with Gasteiger partial charge in [-0.2, -0.15) is 0 Å². The molecule has 1 aliphatic rings. The van der Waals surface area contributed by atoms with Crippen molar-refractivity contribution in [3.8, 4) is 0 Å². The van der Waals surface area contributed by atoms with Crippen LogP contribution in [0.25, 0.3) is 0 Å². The fraction of sp³-hybridized carbons (Fsp3) is 0.545. The molecule has 0 saturated heterocycles. The molecule has 2 unspecified atom stereocenters. The van der Waals surface area contributed by atoms with Crippen LogP contribution in [-0.2, 0) is 16.6 Å². The molecule has 0 bridgehead atoms. The van der Waals surface area contributed by atoms with E-state index in [1.54, 1.807) is 21.9 Å². The minimum absolute atomic E-state index is 0.259. The van der Waals surface area contributed by atoms with Gasteiger partial charge in [-0.05, 0) is 0 Å². The van der Waals surface area contributed by atoms with Gasteiger partial charge in [0.15, 0.2) is 0 Å². The molecule has 24 heavy (non-hydrogen) atoms. The second kappa shape index (κ2) is 6.41. The maximum atomic E-state index is 2.65. The number of benzene rings is 1. The number of hydrogen-bond donors (Lipinski definition) is 0. The van der Waals surface area contributed by atoms with Crippen LogP contribution in [0.1, 0.15) is 41.5 Å². The van der Waals surface area contributed by atoms with Gasteiger partial charge in [0.25, 0.3) is 0 Å². The Labute approximate surface area is 154 Å². The van der Waals surface area contributed by atoms with Crippen molar-refractivity contribution in [2.45, 2.75) is 74.4 Å². The fourth-order valence-corrected chi connectivity index (χ4v) is 17.8. The summed E-state index contributed by atoms with van der Waals surface area (Å²) in [5.41, 5.74) is 5.56. The molecule has 2 heteroatoms. The van der Waals surface area contributed by atoms with Gasteiger partial charge in [-0.3, -0.25) is 0 Å². The third-order valence-corrected chi connectivity index (χ3v) is 17.7. The molecule has 0 amide bonds. The van der Waals surface area contributed by atoms with E-state index in [0.29, 0.717) is 5.54 Å². The zero-order valence-electron chi connectivity index (χ0n) is 17.5. The molecular formula is C22H36SiTi. The van der Waals surface area contributed by atoms with Crippen molar-refractivity contribution in [1.82, 2.24) is 0 Å². The van der Waals surface area contributed by atoms with Gasteiger partial charge in [0.05, 0.1) is 0 Å². The maximum absolute atomic E-state index is 2.65. The van der Waals surface area contributed by atoms with E-state index in [1.807, 2.05) is 3.88 Å². The second-order valence-electron chi connectivity index (χ2n) is 9.35. The van der Waals surface area contributed by atoms with Gasteiger partial charge in [0.1, 0.15) is 0 Å². The van der Waals surface area contributed by atoms with E-state index in [2.05, 4.69) is 94.1 Å². The second-order valence-corrected chi connectivity index (χ2v) is 22.3. The van der Waals surface area contributed by atoms with Crippen LogP contribution in [-0.4, -0.2) is 8.07 Å². The van der Waals surface area contributed by atoms with E-state index < -0.39 is 24.7 Å². The van der Waals surface area contributed by atoms with Crippen LogP contribution in [0.3, 0.4) is 0 Å². The molecule has 0 heterocycles. The molecular weight excluding hydrogens is 340 g/mol. The van der Waals surface area contributed by atoms with Crippen LogP contribution in [0, 0.1) is 0 Å². The summed E-state index contributed by atoms with van der Waals surface area (Å²) in [5, 5.41) is 9.64. The summed E-state index contributed by atoms with van der Waals surface area (Å²) in [7, 11) is -1.78. The molecule has 0 spiro atoms. The minimum atomic E-state index is -1.99. The summed E-state index contributed by atoms with van der Waals surface area (Å²) in [6.07, 6.45) is 0. The van der Waals surface area contributed by atoms with Crippen LogP contribution in [0.2, 0.25) is 32.8 Å². The van der Waals surface area contributed by atoms with Crippen LogP contribution in [0.15, 0.2) is 50.9 Å². The molecule has 1 aliphatic carbocycles. The molecule has 1 aromatic carbocycles. The van der Waals surface area contributed by atoms with Crippen molar-refractivity contribution < 1.29 is 16.6 Å². The Balaban J connectivity index is 2.87. The summed E-state index contributed by atoms with van der Waals surface area (Å²) < 4.78 is 1.87. The quantitative estimate of drug-likeness (QED) is 0.493. The zero-order chi connectivity index (χ0) is 18.5. The number of allylic oxidation sites excluding steroid dienone is 4. The Morgan fingerprint density at radius 2 is 1.42 bits per heavy atom. The summed E-state index contributed by atoms with van der Waals surface area (Å²) in [5.74, 6) is 0. The predicted molar refractivity (Wildman–Crippen MR) is 110 cm³/mol. The van der Waals surface area contributed by atoms with Crippen molar-refractivity contribution in [3.63, 3.8) is 0 Å². The molecule has 0 radical (unpaired) electrons. The Bertz CT molecular complexity index is 690. The third kappa shape index (κ3) is 2.68. The first kappa shape index (κ1) is 19.9. The molecule has 2 rings (SSSR count). The summed E-state index contributed by atoms with van der Waals surface area (Å²) in [4.78, 5) is 0. The van der Waals surface area contributed by atoms with Crippen LogP contribution in [0.4, 0.5) is 0 Å². The fourth-order valence-electron chi connectivity index (χ4n) is 5.35. The molecule has 2 atom stereocenters. The summed E-state index contributed by atoms with van der Waals surface area (Å²) in [6.45, 7) is 17.4. The van der Waals surface area contributed by atoms with E-state index in [-0.39, 0.29) is 5.04 Å². The van der Waals surface area contributed by atoms with Gasteiger partial charge in [0, 0.05) is 0 Å². The topological polar surface area (TPSA) is 0 Å². The van der Waals surface area contributed by atoms with Gasteiger partial charge in [-0.1, -0.05) is 0 Å².